The number of halogens is 1. The molecule has 3 aromatic rings. The van der Waals surface area contributed by atoms with Crippen molar-refractivity contribution in [3.63, 3.8) is 0 Å². The number of thiazole rings is 1. The summed E-state index contributed by atoms with van der Waals surface area (Å²) >= 11 is 2.03. The van der Waals surface area contributed by atoms with Crippen LogP contribution < -0.4 is 14.5 Å². The van der Waals surface area contributed by atoms with Gasteiger partial charge in [-0.25, -0.2) is 9.29 Å². The smallest absolute Gasteiger partial charge is 0.326 e. The first-order valence-electron chi connectivity index (χ1n) is 11.2. The molecule has 3 heterocycles. The zero-order valence-electron chi connectivity index (χ0n) is 19.3. The molecule has 3 atom stereocenters. The third-order valence-corrected chi connectivity index (χ3v) is 8.81. The number of benzene rings is 2. The molecule has 1 fully saturated rings. The molecule has 0 spiro atoms. The summed E-state index contributed by atoms with van der Waals surface area (Å²) in [6.07, 6.45) is 0. The average Bonchev–Trinajstić information content (AvgIpc) is 3.31. The van der Waals surface area contributed by atoms with Crippen LogP contribution in [0.4, 0.5) is 10.1 Å². The summed E-state index contributed by atoms with van der Waals surface area (Å²) in [6, 6.07) is 12.3. The monoisotopic (exact) mass is 528 g/mol. The molecule has 0 radical (unpaired) electrons. The van der Waals surface area contributed by atoms with Crippen LogP contribution in [-0.2, 0) is 25.7 Å². The number of ether oxygens (including phenoxy) is 2. The third-order valence-electron chi connectivity index (χ3n) is 6.20. The Bertz CT molecular complexity index is 1400. The molecule has 2 aliphatic heterocycles. The number of methoxy groups -OCH3 is 1. The van der Waals surface area contributed by atoms with Crippen molar-refractivity contribution >= 4 is 46.6 Å². The molecule has 8 nitrogen and oxygen atoms in total. The van der Waals surface area contributed by atoms with Crippen molar-refractivity contribution in [3.8, 4) is 5.75 Å². The molecular weight excluding hydrogens is 507 g/mol. The molecule has 0 aliphatic carbocycles. The molecular formula is C25H21FN2O6S2. The lowest BCUT2D eigenvalue weighted by Gasteiger charge is -2.30. The molecule has 0 bridgehead atoms. The SMILES string of the molecule is CCOC(=O)Cn1c2c(sc1=O)C(c1ccc(F)cc1)C1C(=O)N(c3ccc(OC)cc3)C(=O)C1S2. The van der Waals surface area contributed by atoms with Crippen LogP contribution in [0, 0.1) is 11.7 Å². The second-order valence-electron chi connectivity index (χ2n) is 8.23. The van der Waals surface area contributed by atoms with Crippen molar-refractivity contribution in [3.05, 3.63) is 74.5 Å². The van der Waals surface area contributed by atoms with Crippen molar-refractivity contribution in [2.45, 2.75) is 29.7 Å². The Balaban J connectivity index is 1.62. The predicted molar refractivity (Wildman–Crippen MR) is 132 cm³/mol. The van der Waals surface area contributed by atoms with E-state index < -0.39 is 40.7 Å². The highest BCUT2D eigenvalue weighted by Crippen LogP contribution is 2.53. The number of hydrogen-bond donors (Lipinski definition) is 0. The highest BCUT2D eigenvalue weighted by molar-refractivity contribution is 8.00. The molecule has 36 heavy (non-hydrogen) atoms. The minimum absolute atomic E-state index is 0.166. The first kappa shape index (κ1) is 24.3. The lowest BCUT2D eigenvalue weighted by atomic mass is 9.83. The van der Waals surface area contributed by atoms with E-state index in [0.29, 0.717) is 26.9 Å². The van der Waals surface area contributed by atoms with Crippen LogP contribution in [-0.4, -0.2) is 41.3 Å². The predicted octanol–water partition coefficient (Wildman–Crippen LogP) is 3.42. The lowest BCUT2D eigenvalue weighted by Crippen LogP contribution is -2.32. The van der Waals surface area contributed by atoms with Gasteiger partial charge in [0.2, 0.25) is 11.8 Å². The van der Waals surface area contributed by atoms with Crippen LogP contribution >= 0.6 is 23.1 Å². The standard InChI is InChI=1S/C25H21FN2O6S2/c1-3-34-17(29)12-27-24-21(36-25(27)32)18(13-4-6-14(26)7-5-13)19-20(35-24)23(31)28(22(19)30)15-8-10-16(33-2)11-9-15/h4-11,18-20H,3,12H2,1-2H3. The van der Waals surface area contributed by atoms with E-state index in [4.69, 9.17) is 9.47 Å². The summed E-state index contributed by atoms with van der Waals surface area (Å²) in [6.45, 7) is 1.54. The number of rotatable bonds is 6. The topological polar surface area (TPSA) is 94.9 Å². The van der Waals surface area contributed by atoms with Gasteiger partial charge in [-0.2, -0.15) is 0 Å². The van der Waals surface area contributed by atoms with E-state index >= 15 is 0 Å². The van der Waals surface area contributed by atoms with E-state index in [0.717, 1.165) is 28.0 Å². The Hall–Kier alpha value is -3.44. The third kappa shape index (κ3) is 4.01. The fourth-order valence-electron chi connectivity index (χ4n) is 4.61. The number of thioether (sulfide) groups is 1. The van der Waals surface area contributed by atoms with Gasteiger partial charge >= 0.3 is 10.8 Å². The Morgan fingerprint density at radius 1 is 1.03 bits per heavy atom. The molecule has 0 N–H and O–H groups in total. The summed E-state index contributed by atoms with van der Waals surface area (Å²) in [5, 5.41) is -0.379. The fraction of sp³-hybridized carbons (Fsp3) is 0.280. The zero-order chi connectivity index (χ0) is 25.6. The number of aromatic nitrogens is 1. The van der Waals surface area contributed by atoms with Crippen LogP contribution in [0.1, 0.15) is 23.3 Å². The van der Waals surface area contributed by atoms with Gasteiger partial charge in [0.05, 0.1) is 30.3 Å². The number of nitrogens with zero attached hydrogens (tertiary/aromatic N) is 2. The summed E-state index contributed by atoms with van der Waals surface area (Å²) in [7, 11) is 1.52. The summed E-state index contributed by atoms with van der Waals surface area (Å²) in [4.78, 5) is 53.8. The number of fused-ring (bicyclic) bond motifs is 2. The normalized spacial score (nSPS) is 20.8. The molecule has 1 saturated heterocycles. The number of imide groups is 1. The van der Waals surface area contributed by atoms with Gasteiger partial charge in [-0.3, -0.25) is 23.7 Å². The number of amides is 2. The number of anilines is 1. The Morgan fingerprint density at radius 2 is 1.72 bits per heavy atom. The number of esters is 1. The van der Waals surface area contributed by atoms with E-state index in [2.05, 4.69) is 0 Å². The molecule has 2 amide bonds. The molecule has 0 saturated carbocycles. The molecule has 3 unspecified atom stereocenters. The van der Waals surface area contributed by atoms with Gasteiger partial charge in [0, 0.05) is 10.8 Å². The zero-order valence-corrected chi connectivity index (χ0v) is 20.9. The van der Waals surface area contributed by atoms with Crippen molar-refractivity contribution in [1.82, 2.24) is 4.57 Å². The van der Waals surface area contributed by atoms with Gasteiger partial charge in [0.1, 0.15) is 23.4 Å². The van der Waals surface area contributed by atoms with Crippen LogP contribution in [0.5, 0.6) is 5.75 Å². The minimum Gasteiger partial charge on any atom is -0.497 e. The van der Waals surface area contributed by atoms with Crippen molar-refractivity contribution in [2.24, 2.45) is 5.92 Å². The van der Waals surface area contributed by atoms with Gasteiger partial charge in [-0.1, -0.05) is 35.2 Å². The Labute approximate surface area is 213 Å². The summed E-state index contributed by atoms with van der Waals surface area (Å²) < 4.78 is 25.2. The highest BCUT2D eigenvalue weighted by atomic mass is 32.2. The second kappa shape index (κ2) is 9.55. The fourth-order valence-corrected chi connectivity index (χ4v) is 7.38. The minimum atomic E-state index is -0.829. The number of carbonyl (C=O) groups excluding carboxylic acids is 3. The van der Waals surface area contributed by atoms with E-state index in [1.807, 2.05) is 0 Å². The van der Waals surface area contributed by atoms with Crippen LogP contribution in [0.25, 0.3) is 0 Å². The lowest BCUT2D eigenvalue weighted by molar-refractivity contribution is -0.144. The molecule has 2 aromatic carbocycles. The van der Waals surface area contributed by atoms with Crippen LogP contribution in [0.15, 0.2) is 58.4 Å². The highest BCUT2D eigenvalue weighted by Gasteiger charge is 2.56. The Kier molecular flexibility index (Phi) is 6.44. The van der Waals surface area contributed by atoms with Crippen molar-refractivity contribution in [1.29, 1.82) is 0 Å². The maximum Gasteiger partial charge on any atom is 0.326 e. The first-order valence-corrected chi connectivity index (χ1v) is 12.9. The van der Waals surface area contributed by atoms with Gasteiger partial charge in [0.25, 0.3) is 0 Å². The van der Waals surface area contributed by atoms with Crippen LogP contribution in [0.2, 0.25) is 0 Å². The quantitative estimate of drug-likeness (QED) is 0.357. The van der Waals surface area contributed by atoms with E-state index in [-0.39, 0.29) is 18.0 Å². The van der Waals surface area contributed by atoms with Gasteiger partial charge in [-0.15, -0.1) is 0 Å². The molecule has 1 aromatic heterocycles. The van der Waals surface area contributed by atoms with E-state index in [1.165, 1.54) is 23.8 Å². The largest absolute Gasteiger partial charge is 0.497 e. The van der Waals surface area contributed by atoms with Crippen LogP contribution in [0.3, 0.4) is 0 Å². The van der Waals surface area contributed by atoms with E-state index in [1.54, 1.807) is 43.3 Å². The summed E-state index contributed by atoms with van der Waals surface area (Å²) in [5.74, 6) is -2.72. The summed E-state index contributed by atoms with van der Waals surface area (Å²) in [5.41, 5.74) is 1.01. The van der Waals surface area contributed by atoms with Crippen molar-refractivity contribution in [2.75, 3.05) is 18.6 Å². The van der Waals surface area contributed by atoms with Gasteiger partial charge in [-0.05, 0) is 48.9 Å². The molecule has 2 aliphatic rings. The second-order valence-corrected chi connectivity index (χ2v) is 10.4. The maximum absolute atomic E-state index is 13.8. The van der Waals surface area contributed by atoms with Gasteiger partial charge in [0.15, 0.2) is 0 Å². The molecule has 186 valence electrons. The van der Waals surface area contributed by atoms with Crippen molar-refractivity contribution < 1.29 is 28.2 Å². The van der Waals surface area contributed by atoms with E-state index in [9.17, 15) is 23.6 Å². The number of carbonyl (C=O) groups is 3. The first-order chi connectivity index (χ1) is 17.3. The average molecular weight is 529 g/mol. The van der Waals surface area contributed by atoms with Gasteiger partial charge < -0.3 is 9.47 Å². The molecule has 11 heteroatoms. The number of hydrogen-bond acceptors (Lipinski definition) is 8. The Morgan fingerprint density at radius 3 is 2.36 bits per heavy atom. The maximum atomic E-state index is 13.8. The molecule has 5 rings (SSSR count).